The Labute approximate surface area is 108 Å². The van der Waals surface area contributed by atoms with Gasteiger partial charge in [-0.05, 0) is 6.92 Å². The Balaban J connectivity index is 2.90. The van der Waals surface area contributed by atoms with E-state index in [9.17, 15) is 12.6 Å². The van der Waals surface area contributed by atoms with Gasteiger partial charge in [-0.15, -0.1) is 0 Å². The smallest absolute Gasteiger partial charge is 0.261 e. The summed E-state index contributed by atoms with van der Waals surface area (Å²) in [5, 5.41) is -0.169. The van der Waals surface area contributed by atoms with Crippen LogP contribution in [0.1, 0.15) is 6.92 Å². The van der Waals surface area contributed by atoms with Crippen LogP contribution in [0.3, 0.4) is 0 Å². The summed E-state index contributed by atoms with van der Waals surface area (Å²) in [5.41, 5.74) is 0. The molecule has 1 aromatic heterocycles. The maximum absolute atomic E-state index is 11.9. The first kappa shape index (κ1) is 14.6. The van der Waals surface area contributed by atoms with E-state index >= 15 is 0 Å². The molecular weight excluding hydrogens is 286 g/mol. The molecule has 0 aliphatic heterocycles. The normalized spacial score (nSPS) is 15.8. The highest BCUT2D eigenvalue weighted by molar-refractivity contribution is 7.89. The highest BCUT2D eigenvalue weighted by atomic mass is 35.5. The molecule has 2 atom stereocenters. The average Bonchev–Trinajstić information content (AvgIpc) is 2.45. The van der Waals surface area contributed by atoms with Gasteiger partial charge in [0.05, 0.1) is 6.33 Å². The summed E-state index contributed by atoms with van der Waals surface area (Å²) in [4.78, 5) is 3.72. The van der Waals surface area contributed by atoms with Crippen molar-refractivity contribution >= 4 is 32.4 Å². The fourth-order valence-corrected chi connectivity index (χ4v) is 3.85. The first-order valence-electron chi connectivity index (χ1n) is 4.73. The van der Waals surface area contributed by atoms with Crippen LogP contribution in [0.25, 0.3) is 0 Å². The standard InChI is InChI=1S/C8H14ClN3O3S2/c1-6(4-16(3)13)11-17(14,15)8-7(9)12(2)5-10-8/h5-6,11H,4H2,1-3H3. The lowest BCUT2D eigenvalue weighted by Gasteiger charge is -2.11. The summed E-state index contributed by atoms with van der Waals surface area (Å²) in [7, 11) is -3.24. The SMILES string of the molecule is CC(CS(C)=O)NS(=O)(=O)c1ncn(C)c1Cl. The van der Waals surface area contributed by atoms with Gasteiger partial charge >= 0.3 is 0 Å². The van der Waals surface area contributed by atoms with Crippen molar-refractivity contribution in [3.63, 3.8) is 0 Å². The molecule has 98 valence electrons. The Morgan fingerprint density at radius 1 is 1.65 bits per heavy atom. The molecule has 0 radical (unpaired) electrons. The molecule has 0 aliphatic rings. The first-order chi connectivity index (χ1) is 7.74. The second-order valence-corrected chi connectivity index (χ2v) is 7.18. The van der Waals surface area contributed by atoms with Crippen LogP contribution in [0.2, 0.25) is 5.15 Å². The van der Waals surface area contributed by atoms with E-state index in [1.54, 1.807) is 14.0 Å². The minimum Gasteiger partial charge on any atom is -0.324 e. The molecule has 17 heavy (non-hydrogen) atoms. The molecule has 0 saturated heterocycles. The zero-order valence-corrected chi connectivity index (χ0v) is 12.1. The Morgan fingerprint density at radius 3 is 2.65 bits per heavy atom. The van der Waals surface area contributed by atoms with E-state index < -0.39 is 26.9 Å². The van der Waals surface area contributed by atoms with Gasteiger partial charge in [-0.2, -0.15) is 0 Å². The summed E-state index contributed by atoms with van der Waals surface area (Å²) in [6, 6.07) is -0.441. The molecule has 1 aromatic rings. The largest absolute Gasteiger partial charge is 0.324 e. The summed E-state index contributed by atoms with van der Waals surface area (Å²) in [5.74, 6) is 0.240. The van der Waals surface area contributed by atoms with Crippen molar-refractivity contribution in [2.75, 3.05) is 12.0 Å². The van der Waals surface area contributed by atoms with Crippen LogP contribution in [0.15, 0.2) is 11.4 Å². The molecule has 0 aliphatic carbocycles. The molecule has 0 aromatic carbocycles. The second-order valence-electron chi connectivity index (χ2n) is 3.71. The zero-order chi connectivity index (χ0) is 13.2. The number of hydrogen-bond acceptors (Lipinski definition) is 4. The third-order valence-electron chi connectivity index (χ3n) is 1.93. The molecule has 2 unspecified atom stereocenters. The van der Waals surface area contributed by atoms with Crippen molar-refractivity contribution in [3.05, 3.63) is 11.5 Å². The minimum absolute atomic E-state index is 0.0438. The van der Waals surface area contributed by atoms with E-state index in [0.29, 0.717) is 0 Å². The van der Waals surface area contributed by atoms with Crippen molar-refractivity contribution in [2.24, 2.45) is 7.05 Å². The van der Waals surface area contributed by atoms with Crippen LogP contribution >= 0.6 is 11.6 Å². The number of aryl methyl sites for hydroxylation is 1. The fourth-order valence-electron chi connectivity index (χ4n) is 1.28. The fraction of sp³-hybridized carbons (Fsp3) is 0.625. The molecule has 9 heteroatoms. The quantitative estimate of drug-likeness (QED) is 0.837. The van der Waals surface area contributed by atoms with Gasteiger partial charge in [0.2, 0.25) is 5.03 Å². The lowest BCUT2D eigenvalue weighted by molar-refractivity contribution is 0.567. The molecule has 0 amide bonds. The molecule has 1 heterocycles. The van der Waals surface area contributed by atoms with Gasteiger partial charge < -0.3 is 4.57 Å². The first-order valence-corrected chi connectivity index (χ1v) is 8.32. The van der Waals surface area contributed by atoms with Crippen molar-refractivity contribution in [1.82, 2.24) is 14.3 Å². The summed E-state index contributed by atoms with van der Waals surface area (Å²) in [6.45, 7) is 1.63. The molecule has 6 nitrogen and oxygen atoms in total. The van der Waals surface area contributed by atoms with Gasteiger partial charge in [-0.3, -0.25) is 4.21 Å². The van der Waals surface area contributed by atoms with Gasteiger partial charge in [-0.1, -0.05) is 11.6 Å². The van der Waals surface area contributed by atoms with Gasteiger partial charge in [0.1, 0.15) is 5.15 Å². The van der Waals surface area contributed by atoms with Crippen molar-refractivity contribution in [1.29, 1.82) is 0 Å². The highest BCUT2D eigenvalue weighted by Gasteiger charge is 2.24. The minimum atomic E-state index is -3.76. The van der Waals surface area contributed by atoms with Crippen molar-refractivity contribution in [3.8, 4) is 0 Å². The van der Waals surface area contributed by atoms with Crippen LogP contribution < -0.4 is 4.72 Å². The lowest BCUT2D eigenvalue weighted by Crippen LogP contribution is -2.36. The molecule has 1 N–H and O–H groups in total. The number of nitrogens with zero attached hydrogens (tertiary/aromatic N) is 2. The Morgan fingerprint density at radius 2 is 2.24 bits per heavy atom. The number of aromatic nitrogens is 2. The van der Waals surface area contributed by atoms with E-state index in [1.807, 2.05) is 0 Å². The monoisotopic (exact) mass is 299 g/mol. The van der Waals surface area contributed by atoms with Gasteiger partial charge in [-0.25, -0.2) is 18.1 Å². The second kappa shape index (κ2) is 5.47. The predicted molar refractivity (Wildman–Crippen MR) is 66.9 cm³/mol. The number of imidazole rings is 1. The maximum atomic E-state index is 11.9. The van der Waals surface area contributed by atoms with Crippen molar-refractivity contribution < 1.29 is 12.6 Å². The molecular formula is C8H14ClN3O3S2. The molecule has 0 bridgehead atoms. The van der Waals surface area contributed by atoms with E-state index in [-0.39, 0.29) is 15.9 Å². The highest BCUT2D eigenvalue weighted by Crippen LogP contribution is 2.18. The number of sulfonamides is 1. The number of rotatable bonds is 5. The summed E-state index contributed by atoms with van der Waals surface area (Å²) >= 11 is 5.80. The lowest BCUT2D eigenvalue weighted by atomic mass is 10.4. The average molecular weight is 300 g/mol. The number of halogens is 1. The third kappa shape index (κ3) is 3.77. The van der Waals surface area contributed by atoms with E-state index in [0.717, 1.165) is 0 Å². The number of hydrogen-bond donors (Lipinski definition) is 1. The zero-order valence-electron chi connectivity index (χ0n) is 9.68. The van der Waals surface area contributed by atoms with E-state index in [4.69, 9.17) is 11.6 Å². The Kier molecular flexibility index (Phi) is 4.70. The molecule has 0 saturated carbocycles. The topological polar surface area (TPSA) is 81.1 Å². The van der Waals surface area contributed by atoms with E-state index in [2.05, 4.69) is 9.71 Å². The maximum Gasteiger partial charge on any atom is 0.261 e. The Bertz CT molecular complexity index is 526. The summed E-state index contributed by atoms with van der Waals surface area (Å²) in [6.07, 6.45) is 2.83. The summed E-state index contributed by atoms with van der Waals surface area (Å²) < 4.78 is 38.5. The van der Waals surface area contributed by atoms with Gasteiger partial charge in [0.25, 0.3) is 10.0 Å². The van der Waals surface area contributed by atoms with Gasteiger partial charge in [0, 0.05) is 35.9 Å². The Hall–Kier alpha value is -0.440. The molecule has 0 fully saturated rings. The van der Waals surface area contributed by atoms with Crippen LogP contribution in [0, 0.1) is 0 Å². The predicted octanol–water partition coefficient (Wildman–Crippen LogP) is 0.119. The van der Waals surface area contributed by atoms with Crippen LogP contribution in [-0.2, 0) is 27.9 Å². The van der Waals surface area contributed by atoms with Crippen molar-refractivity contribution in [2.45, 2.75) is 18.0 Å². The third-order valence-corrected chi connectivity index (χ3v) is 4.98. The van der Waals surface area contributed by atoms with Crippen LogP contribution in [0.4, 0.5) is 0 Å². The van der Waals surface area contributed by atoms with Crippen LogP contribution in [-0.4, -0.2) is 40.2 Å². The molecule has 1 rings (SSSR count). The van der Waals surface area contributed by atoms with Crippen LogP contribution in [0.5, 0.6) is 0 Å². The molecule has 0 spiro atoms. The van der Waals surface area contributed by atoms with E-state index in [1.165, 1.54) is 17.2 Å². The van der Waals surface area contributed by atoms with Gasteiger partial charge in [0.15, 0.2) is 0 Å². The number of nitrogens with one attached hydrogen (secondary N) is 1.